The Kier molecular flexibility index (Phi) is 5.66. The van der Waals surface area contributed by atoms with E-state index in [0.29, 0.717) is 48.3 Å². The van der Waals surface area contributed by atoms with Crippen LogP contribution in [0.1, 0.15) is 32.4 Å². The average Bonchev–Trinajstić information content (AvgIpc) is 3.43. The van der Waals surface area contributed by atoms with Crippen LogP contribution in [-0.4, -0.2) is 57.9 Å². The van der Waals surface area contributed by atoms with Crippen LogP contribution in [0.4, 0.5) is 0 Å². The van der Waals surface area contributed by atoms with Gasteiger partial charge in [-0.25, -0.2) is 4.98 Å². The molecule has 0 aromatic carbocycles. The Hall–Kier alpha value is -3.07. The Morgan fingerprint density at radius 1 is 1.10 bits per heavy atom. The number of carbonyl (C=O) groups is 2. The van der Waals surface area contributed by atoms with Gasteiger partial charge in [0.1, 0.15) is 10.8 Å². The summed E-state index contributed by atoms with van der Waals surface area (Å²) in [5.41, 5.74) is 1.37. The Bertz CT molecular complexity index is 994. The first-order valence-corrected chi connectivity index (χ1v) is 10.2. The number of amides is 2. The molecule has 2 amide bonds. The lowest BCUT2D eigenvalue weighted by atomic mass is 10.2. The maximum atomic E-state index is 13.1. The van der Waals surface area contributed by atoms with Gasteiger partial charge in [-0.15, -0.1) is 0 Å². The van der Waals surface area contributed by atoms with Gasteiger partial charge in [-0.2, -0.15) is 0 Å². The maximum absolute atomic E-state index is 13.1. The predicted molar refractivity (Wildman–Crippen MR) is 106 cm³/mol. The van der Waals surface area contributed by atoms with E-state index in [9.17, 15) is 9.59 Å². The third-order valence-electron chi connectivity index (χ3n) is 4.62. The minimum atomic E-state index is -0.150. The fourth-order valence-electron chi connectivity index (χ4n) is 3.14. The number of hydrogen-bond donors (Lipinski definition) is 0. The number of hydrogen-bond acceptors (Lipinski definition) is 7. The van der Waals surface area contributed by atoms with Crippen molar-refractivity contribution in [2.24, 2.45) is 0 Å². The third-order valence-corrected chi connectivity index (χ3v) is 5.66. The molecular formula is C20H20N4O4S. The number of nitrogens with zero attached hydrogens (tertiary/aromatic N) is 4. The SMILES string of the molecule is Cc1cc(CSc2ncccc2C(=O)N2CCN(C(=O)c3ccco3)CC2)no1. The number of rotatable bonds is 5. The average molecular weight is 412 g/mol. The molecule has 0 bridgehead atoms. The summed E-state index contributed by atoms with van der Waals surface area (Å²) < 4.78 is 10.3. The topological polar surface area (TPSA) is 92.7 Å². The minimum Gasteiger partial charge on any atom is -0.459 e. The highest BCUT2D eigenvalue weighted by atomic mass is 32.2. The second-order valence-electron chi connectivity index (χ2n) is 6.64. The van der Waals surface area contributed by atoms with Crippen molar-refractivity contribution in [2.75, 3.05) is 26.2 Å². The molecule has 1 fully saturated rings. The molecule has 0 radical (unpaired) electrons. The van der Waals surface area contributed by atoms with Gasteiger partial charge in [0, 0.05) is 44.2 Å². The van der Waals surface area contributed by atoms with Crippen LogP contribution in [0.5, 0.6) is 0 Å². The first-order chi connectivity index (χ1) is 14.1. The number of aryl methyl sites for hydroxylation is 1. The number of furan rings is 1. The Morgan fingerprint density at radius 2 is 1.86 bits per heavy atom. The second kappa shape index (κ2) is 8.52. The minimum absolute atomic E-state index is 0.0815. The zero-order valence-corrected chi connectivity index (χ0v) is 16.7. The van der Waals surface area contributed by atoms with Gasteiger partial charge in [-0.1, -0.05) is 16.9 Å². The van der Waals surface area contributed by atoms with Crippen molar-refractivity contribution in [3.8, 4) is 0 Å². The van der Waals surface area contributed by atoms with Crippen molar-refractivity contribution in [3.63, 3.8) is 0 Å². The lowest BCUT2D eigenvalue weighted by molar-refractivity contribution is 0.0516. The highest BCUT2D eigenvalue weighted by Gasteiger charge is 2.27. The molecule has 3 aromatic heterocycles. The molecule has 1 aliphatic rings. The third kappa shape index (κ3) is 4.34. The number of pyridine rings is 1. The molecule has 0 saturated carbocycles. The molecule has 0 aliphatic carbocycles. The molecule has 4 heterocycles. The summed E-state index contributed by atoms with van der Waals surface area (Å²) in [7, 11) is 0. The summed E-state index contributed by atoms with van der Waals surface area (Å²) in [6.07, 6.45) is 3.15. The van der Waals surface area contributed by atoms with E-state index < -0.39 is 0 Å². The molecule has 0 N–H and O–H groups in total. The van der Waals surface area contributed by atoms with Gasteiger partial charge in [0.05, 0.1) is 17.5 Å². The summed E-state index contributed by atoms with van der Waals surface area (Å²) in [6.45, 7) is 3.70. The lowest BCUT2D eigenvalue weighted by Crippen LogP contribution is -2.50. The summed E-state index contributed by atoms with van der Waals surface area (Å²) in [4.78, 5) is 33.3. The van der Waals surface area contributed by atoms with Crippen LogP contribution in [0.15, 0.2) is 56.8 Å². The van der Waals surface area contributed by atoms with Crippen molar-refractivity contribution < 1.29 is 18.5 Å². The van der Waals surface area contributed by atoms with Gasteiger partial charge < -0.3 is 18.7 Å². The van der Waals surface area contributed by atoms with E-state index in [0.717, 1.165) is 11.5 Å². The summed E-state index contributed by atoms with van der Waals surface area (Å²) in [5, 5.41) is 4.64. The highest BCUT2D eigenvalue weighted by molar-refractivity contribution is 7.98. The van der Waals surface area contributed by atoms with Gasteiger partial charge in [-0.05, 0) is 31.2 Å². The molecule has 29 heavy (non-hydrogen) atoms. The molecule has 1 aliphatic heterocycles. The zero-order chi connectivity index (χ0) is 20.2. The van der Waals surface area contributed by atoms with E-state index in [2.05, 4.69) is 10.1 Å². The van der Waals surface area contributed by atoms with Crippen LogP contribution in [0.2, 0.25) is 0 Å². The Balaban J connectivity index is 1.39. The van der Waals surface area contributed by atoms with Crippen LogP contribution in [0, 0.1) is 6.92 Å². The second-order valence-corrected chi connectivity index (χ2v) is 7.60. The van der Waals surface area contributed by atoms with Crippen molar-refractivity contribution in [1.29, 1.82) is 0 Å². The van der Waals surface area contributed by atoms with E-state index in [-0.39, 0.29) is 11.8 Å². The van der Waals surface area contributed by atoms with Crippen molar-refractivity contribution >= 4 is 23.6 Å². The predicted octanol–water partition coefficient (Wildman–Crippen LogP) is 2.86. The van der Waals surface area contributed by atoms with Gasteiger partial charge in [0.2, 0.25) is 0 Å². The number of piperazine rings is 1. The molecule has 0 unspecified atom stereocenters. The van der Waals surface area contributed by atoms with Crippen molar-refractivity contribution in [1.82, 2.24) is 19.9 Å². The van der Waals surface area contributed by atoms with Gasteiger partial charge >= 0.3 is 0 Å². The van der Waals surface area contributed by atoms with Gasteiger partial charge in [0.15, 0.2) is 5.76 Å². The van der Waals surface area contributed by atoms with Crippen LogP contribution >= 0.6 is 11.8 Å². The van der Waals surface area contributed by atoms with E-state index in [1.54, 1.807) is 40.3 Å². The summed E-state index contributed by atoms with van der Waals surface area (Å²) >= 11 is 1.45. The molecule has 0 spiro atoms. The maximum Gasteiger partial charge on any atom is 0.289 e. The van der Waals surface area contributed by atoms with E-state index in [1.165, 1.54) is 18.0 Å². The zero-order valence-electron chi connectivity index (χ0n) is 15.9. The molecule has 0 atom stereocenters. The molecule has 8 nitrogen and oxygen atoms in total. The van der Waals surface area contributed by atoms with E-state index in [1.807, 2.05) is 13.0 Å². The van der Waals surface area contributed by atoms with Crippen LogP contribution < -0.4 is 0 Å². The first-order valence-electron chi connectivity index (χ1n) is 9.24. The molecule has 150 valence electrons. The molecule has 1 saturated heterocycles. The van der Waals surface area contributed by atoms with Crippen LogP contribution in [0.25, 0.3) is 0 Å². The Morgan fingerprint density at radius 3 is 2.52 bits per heavy atom. The fraction of sp³-hybridized carbons (Fsp3) is 0.300. The number of aromatic nitrogens is 2. The monoisotopic (exact) mass is 412 g/mol. The number of thioether (sulfide) groups is 1. The van der Waals surface area contributed by atoms with Crippen LogP contribution in [0.3, 0.4) is 0 Å². The molecule has 3 aromatic rings. The van der Waals surface area contributed by atoms with E-state index >= 15 is 0 Å². The smallest absolute Gasteiger partial charge is 0.289 e. The summed E-state index contributed by atoms with van der Waals surface area (Å²) in [5.74, 6) is 1.41. The largest absolute Gasteiger partial charge is 0.459 e. The Labute approximate surface area is 171 Å². The van der Waals surface area contributed by atoms with Gasteiger partial charge in [-0.3, -0.25) is 9.59 Å². The van der Waals surface area contributed by atoms with E-state index in [4.69, 9.17) is 8.94 Å². The van der Waals surface area contributed by atoms with Crippen molar-refractivity contribution in [3.05, 3.63) is 65.6 Å². The van der Waals surface area contributed by atoms with Gasteiger partial charge in [0.25, 0.3) is 11.8 Å². The normalized spacial score (nSPS) is 14.2. The standard InChI is InChI=1S/C20H20N4O4S/c1-14-12-15(22-28-14)13-29-18-16(4-2-6-21-18)19(25)23-7-9-24(10-8-23)20(26)17-5-3-11-27-17/h2-6,11-12H,7-10,13H2,1H3. The number of carbonyl (C=O) groups excluding carboxylic acids is 2. The fourth-order valence-corrected chi connectivity index (χ4v) is 4.00. The lowest BCUT2D eigenvalue weighted by Gasteiger charge is -2.34. The van der Waals surface area contributed by atoms with Crippen molar-refractivity contribution in [2.45, 2.75) is 17.7 Å². The quantitative estimate of drug-likeness (QED) is 0.595. The first kappa shape index (κ1) is 19.3. The summed E-state index contributed by atoms with van der Waals surface area (Å²) in [6, 6.07) is 8.75. The molecule has 9 heteroatoms. The molecule has 4 rings (SSSR count). The van der Waals surface area contributed by atoms with Crippen LogP contribution in [-0.2, 0) is 5.75 Å². The highest BCUT2D eigenvalue weighted by Crippen LogP contribution is 2.25. The molecular weight excluding hydrogens is 392 g/mol.